The number of nitrogens with zero attached hydrogens (tertiary/aromatic N) is 3. The number of piperidine rings is 2. The summed E-state index contributed by atoms with van der Waals surface area (Å²) in [6.07, 6.45) is 4.70. The van der Waals surface area contributed by atoms with Crippen LogP contribution in [0.4, 0.5) is 0 Å². The van der Waals surface area contributed by atoms with Gasteiger partial charge in [-0.1, -0.05) is 30.3 Å². The van der Waals surface area contributed by atoms with Crippen molar-refractivity contribution < 1.29 is 14.3 Å². The largest absolute Gasteiger partial charge is 0.466 e. The van der Waals surface area contributed by atoms with Gasteiger partial charge in [0.1, 0.15) is 0 Å². The second-order valence-corrected chi connectivity index (χ2v) is 8.43. The fraction of sp³-hybridized carbons (Fsp3) is 0.625. The highest BCUT2D eigenvalue weighted by atomic mass is 16.5. The lowest BCUT2D eigenvalue weighted by Crippen LogP contribution is -2.50. The highest BCUT2D eigenvalue weighted by Crippen LogP contribution is 2.22. The first-order valence-corrected chi connectivity index (χ1v) is 11.5. The number of hydrogen-bond acceptors (Lipinski definition) is 4. The van der Waals surface area contributed by atoms with E-state index in [9.17, 15) is 9.59 Å². The van der Waals surface area contributed by atoms with Crippen molar-refractivity contribution in [1.82, 2.24) is 15.1 Å². The molecule has 2 fully saturated rings. The van der Waals surface area contributed by atoms with E-state index in [2.05, 4.69) is 39.5 Å². The van der Waals surface area contributed by atoms with Crippen LogP contribution in [0.1, 0.15) is 38.2 Å². The van der Waals surface area contributed by atoms with Gasteiger partial charge in [0, 0.05) is 33.2 Å². The number of ether oxygens (including phenoxy) is 1. The summed E-state index contributed by atoms with van der Waals surface area (Å²) >= 11 is 0. The van der Waals surface area contributed by atoms with Gasteiger partial charge in [-0.15, -0.1) is 0 Å². The van der Waals surface area contributed by atoms with E-state index < -0.39 is 0 Å². The molecule has 31 heavy (non-hydrogen) atoms. The lowest BCUT2D eigenvalue weighted by molar-refractivity contribution is -0.149. The molecular weight excluding hydrogens is 392 g/mol. The number of aliphatic imine (C=N–C) groups is 1. The predicted octanol–water partition coefficient (Wildman–Crippen LogP) is 2.32. The summed E-state index contributed by atoms with van der Waals surface area (Å²) in [5, 5.41) is 3.23. The monoisotopic (exact) mass is 428 g/mol. The maximum atomic E-state index is 12.7. The van der Waals surface area contributed by atoms with Gasteiger partial charge in [-0.05, 0) is 50.5 Å². The normalized spacial score (nSPS) is 18.7. The van der Waals surface area contributed by atoms with Crippen LogP contribution in [0.25, 0.3) is 0 Å². The lowest BCUT2D eigenvalue weighted by atomic mass is 9.90. The minimum absolute atomic E-state index is 0.0341. The first kappa shape index (κ1) is 23.1. The van der Waals surface area contributed by atoms with E-state index in [4.69, 9.17) is 4.74 Å². The van der Waals surface area contributed by atoms with Crippen LogP contribution in [-0.2, 0) is 20.7 Å². The van der Waals surface area contributed by atoms with Crippen LogP contribution in [0.15, 0.2) is 35.3 Å². The van der Waals surface area contributed by atoms with Crippen LogP contribution in [0.3, 0.4) is 0 Å². The van der Waals surface area contributed by atoms with E-state index in [1.165, 1.54) is 5.56 Å². The summed E-state index contributed by atoms with van der Waals surface area (Å²) in [6.45, 7) is 5.64. The number of amides is 1. The highest BCUT2D eigenvalue weighted by Gasteiger charge is 2.28. The Labute approximate surface area is 185 Å². The fourth-order valence-electron chi connectivity index (χ4n) is 4.52. The first-order chi connectivity index (χ1) is 15.1. The molecule has 0 aliphatic carbocycles. The summed E-state index contributed by atoms with van der Waals surface area (Å²) in [7, 11) is 1.74. The van der Waals surface area contributed by atoms with E-state index in [-0.39, 0.29) is 24.3 Å². The molecule has 0 atom stereocenters. The SMILES string of the molecule is CCOC(=O)C1CCN(C(=NC)NCC(=O)N2CCC(Cc3ccccc3)CC2)CC1. The summed E-state index contributed by atoms with van der Waals surface area (Å²) < 4.78 is 5.14. The van der Waals surface area contributed by atoms with Gasteiger partial charge in [-0.2, -0.15) is 0 Å². The zero-order valence-electron chi connectivity index (χ0n) is 18.9. The number of carbonyl (C=O) groups excluding carboxylic acids is 2. The van der Waals surface area contributed by atoms with Gasteiger partial charge < -0.3 is 19.9 Å². The Hall–Kier alpha value is -2.57. The molecular formula is C24H36N4O3. The number of hydrogen-bond donors (Lipinski definition) is 1. The highest BCUT2D eigenvalue weighted by molar-refractivity contribution is 5.86. The molecule has 0 radical (unpaired) electrons. The Morgan fingerprint density at radius 2 is 1.68 bits per heavy atom. The molecule has 0 bridgehead atoms. The molecule has 1 N–H and O–H groups in total. The second-order valence-electron chi connectivity index (χ2n) is 8.43. The van der Waals surface area contributed by atoms with Gasteiger partial charge >= 0.3 is 5.97 Å². The van der Waals surface area contributed by atoms with Crippen LogP contribution in [0, 0.1) is 11.8 Å². The molecule has 3 rings (SSSR count). The van der Waals surface area contributed by atoms with E-state index in [1.807, 2.05) is 17.9 Å². The molecule has 2 aliphatic rings. The van der Waals surface area contributed by atoms with Crippen LogP contribution < -0.4 is 5.32 Å². The topological polar surface area (TPSA) is 74.2 Å². The van der Waals surface area contributed by atoms with Gasteiger partial charge in [0.2, 0.25) is 5.91 Å². The Kier molecular flexibility index (Phi) is 8.74. The zero-order valence-corrected chi connectivity index (χ0v) is 18.9. The van der Waals surface area contributed by atoms with Gasteiger partial charge in [0.25, 0.3) is 0 Å². The number of likely N-dealkylation sites (tertiary alicyclic amines) is 2. The van der Waals surface area contributed by atoms with Crippen molar-refractivity contribution >= 4 is 17.8 Å². The zero-order chi connectivity index (χ0) is 22.1. The average Bonchev–Trinajstić information content (AvgIpc) is 2.81. The average molecular weight is 429 g/mol. The Morgan fingerprint density at radius 1 is 1.03 bits per heavy atom. The minimum atomic E-state index is -0.101. The van der Waals surface area contributed by atoms with Crippen molar-refractivity contribution in [2.75, 3.05) is 46.4 Å². The Bertz CT molecular complexity index is 736. The van der Waals surface area contributed by atoms with E-state index in [1.54, 1.807) is 7.05 Å². The smallest absolute Gasteiger partial charge is 0.309 e. The number of carbonyl (C=O) groups is 2. The Balaban J connectivity index is 1.38. The van der Waals surface area contributed by atoms with Gasteiger partial charge in [-0.25, -0.2) is 0 Å². The molecule has 0 unspecified atom stereocenters. The van der Waals surface area contributed by atoms with Gasteiger partial charge in [0.05, 0.1) is 19.1 Å². The van der Waals surface area contributed by atoms with Gasteiger partial charge in [0.15, 0.2) is 5.96 Å². The number of rotatable bonds is 6. The first-order valence-electron chi connectivity index (χ1n) is 11.5. The van der Waals surface area contributed by atoms with Crippen molar-refractivity contribution in [2.45, 2.75) is 39.0 Å². The van der Waals surface area contributed by atoms with Crippen LogP contribution in [-0.4, -0.2) is 74.0 Å². The molecule has 0 aromatic heterocycles. The fourth-order valence-corrected chi connectivity index (χ4v) is 4.52. The van der Waals surface area contributed by atoms with Crippen LogP contribution in [0.2, 0.25) is 0 Å². The van der Waals surface area contributed by atoms with Crippen molar-refractivity contribution in [3.8, 4) is 0 Å². The van der Waals surface area contributed by atoms with Crippen LogP contribution >= 0.6 is 0 Å². The number of benzene rings is 1. The summed E-state index contributed by atoms with van der Waals surface area (Å²) in [5.74, 6) is 1.37. The molecule has 7 nitrogen and oxygen atoms in total. The number of guanidine groups is 1. The molecule has 2 heterocycles. The van der Waals surface area contributed by atoms with Crippen LogP contribution in [0.5, 0.6) is 0 Å². The van der Waals surface area contributed by atoms with Crippen molar-refractivity contribution in [2.24, 2.45) is 16.8 Å². The van der Waals surface area contributed by atoms with E-state index in [0.717, 1.165) is 64.2 Å². The standard InChI is InChI=1S/C24H36N4O3/c1-3-31-23(30)21-11-15-28(16-12-21)24(25-2)26-18-22(29)27-13-9-20(10-14-27)17-19-7-5-4-6-8-19/h4-8,20-21H,3,9-18H2,1-2H3,(H,25,26). The number of nitrogens with one attached hydrogen (secondary N) is 1. The maximum absolute atomic E-state index is 12.7. The molecule has 1 amide bonds. The molecule has 0 saturated carbocycles. The quantitative estimate of drug-likeness (QED) is 0.428. The van der Waals surface area contributed by atoms with Gasteiger partial charge in [-0.3, -0.25) is 14.6 Å². The molecule has 170 valence electrons. The minimum Gasteiger partial charge on any atom is -0.466 e. The third kappa shape index (κ3) is 6.71. The maximum Gasteiger partial charge on any atom is 0.309 e. The third-order valence-electron chi connectivity index (χ3n) is 6.36. The molecule has 1 aromatic rings. The van der Waals surface area contributed by atoms with Crippen molar-refractivity contribution in [3.05, 3.63) is 35.9 Å². The number of esters is 1. The molecule has 1 aromatic carbocycles. The van der Waals surface area contributed by atoms with E-state index >= 15 is 0 Å². The van der Waals surface area contributed by atoms with Crippen molar-refractivity contribution in [1.29, 1.82) is 0 Å². The lowest BCUT2D eigenvalue weighted by Gasteiger charge is -2.34. The third-order valence-corrected chi connectivity index (χ3v) is 6.36. The van der Waals surface area contributed by atoms with E-state index in [0.29, 0.717) is 12.5 Å². The molecule has 2 saturated heterocycles. The molecule has 7 heteroatoms. The molecule has 0 spiro atoms. The molecule has 2 aliphatic heterocycles. The Morgan fingerprint density at radius 3 is 2.29 bits per heavy atom. The predicted molar refractivity (Wildman–Crippen MR) is 122 cm³/mol. The second kappa shape index (κ2) is 11.7. The summed E-state index contributed by atoms with van der Waals surface area (Å²) in [4.78, 5) is 33.1. The summed E-state index contributed by atoms with van der Waals surface area (Å²) in [6, 6.07) is 10.6. The van der Waals surface area contributed by atoms with Crippen molar-refractivity contribution in [3.63, 3.8) is 0 Å². The summed E-state index contributed by atoms with van der Waals surface area (Å²) in [5.41, 5.74) is 1.38.